The normalized spacial score (nSPS) is 20.6. The van der Waals surface area contributed by atoms with Crippen LogP contribution in [0, 0.1) is 5.82 Å². The number of hydrogen-bond donors (Lipinski definition) is 3. The van der Waals surface area contributed by atoms with E-state index in [0.717, 1.165) is 19.0 Å². The Morgan fingerprint density at radius 1 is 1.41 bits per heavy atom. The van der Waals surface area contributed by atoms with Gasteiger partial charge in [0.05, 0.1) is 24.3 Å². The predicted octanol–water partition coefficient (Wildman–Crippen LogP) is 1.16. The van der Waals surface area contributed by atoms with E-state index in [4.69, 9.17) is 15.5 Å². The van der Waals surface area contributed by atoms with Crippen LogP contribution >= 0.6 is 0 Å². The second-order valence-electron chi connectivity index (χ2n) is 8.95. The highest BCUT2D eigenvalue weighted by Crippen LogP contribution is 2.42. The van der Waals surface area contributed by atoms with E-state index in [9.17, 15) is 14.0 Å². The summed E-state index contributed by atoms with van der Waals surface area (Å²) in [4.78, 5) is 36.5. The van der Waals surface area contributed by atoms with E-state index in [1.54, 1.807) is 12.3 Å². The third-order valence-electron chi connectivity index (χ3n) is 6.61. The minimum atomic E-state index is -0.588. The summed E-state index contributed by atoms with van der Waals surface area (Å²) < 4.78 is 21.8. The van der Waals surface area contributed by atoms with Gasteiger partial charge >= 0.3 is 0 Å². The molecule has 5 heterocycles. The fraction of sp³-hybridized carbons (Fsp3) is 0.409. The van der Waals surface area contributed by atoms with E-state index >= 15 is 0 Å². The fourth-order valence-corrected chi connectivity index (χ4v) is 4.69. The first-order valence-electron chi connectivity index (χ1n) is 11.2. The van der Waals surface area contributed by atoms with Crippen molar-refractivity contribution < 1.29 is 18.7 Å². The van der Waals surface area contributed by atoms with Crippen LogP contribution in [0.5, 0.6) is 5.88 Å². The molecule has 4 N–H and O–H groups in total. The Labute approximate surface area is 193 Å². The molecule has 1 spiro atoms. The lowest BCUT2D eigenvalue weighted by Gasteiger charge is -2.27. The molecular weight excluding hydrogens is 443 g/mol. The van der Waals surface area contributed by atoms with Crippen LogP contribution in [0.1, 0.15) is 47.6 Å². The summed E-state index contributed by atoms with van der Waals surface area (Å²) in [5.41, 5.74) is 5.99. The molecule has 1 aliphatic carbocycles. The van der Waals surface area contributed by atoms with Crippen LogP contribution in [0.3, 0.4) is 0 Å². The molecule has 6 rings (SSSR count). The number of anilines is 2. The van der Waals surface area contributed by atoms with Gasteiger partial charge in [0.2, 0.25) is 11.8 Å². The first-order valence-corrected chi connectivity index (χ1v) is 11.2. The molecule has 2 amide bonds. The Bertz CT molecular complexity index is 1320. The van der Waals surface area contributed by atoms with Crippen LogP contribution in [0.15, 0.2) is 24.5 Å². The van der Waals surface area contributed by atoms with Crippen molar-refractivity contribution in [3.63, 3.8) is 0 Å². The number of aromatic nitrogens is 4. The topological polar surface area (TPSA) is 140 Å². The molecule has 12 heteroatoms. The molecule has 0 unspecified atom stereocenters. The number of carbonyl (C=O) groups is 2. The fourth-order valence-electron chi connectivity index (χ4n) is 4.69. The number of nitrogens with zero attached hydrogens (tertiary/aromatic N) is 5. The SMILES string of the molecule is NCC(=O)Nc1nn2ccc3nc2c1C(=O)NC1(CC1)COc1ncc(F)cc1[C@H]1CCCN31. The third kappa shape index (κ3) is 3.41. The number of hydrogen-bond acceptors (Lipinski definition) is 8. The van der Waals surface area contributed by atoms with Crippen molar-refractivity contribution in [3.05, 3.63) is 41.5 Å². The number of amides is 2. The zero-order valence-electron chi connectivity index (χ0n) is 18.3. The molecule has 2 aliphatic heterocycles. The molecule has 0 radical (unpaired) electrons. The largest absolute Gasteiger partial charge is 0.475 e. The van der Waals surface area contributed by atoms with Crippen LogP contribution in [0.25, 0.3) is 5.65 Å². The monoisotopic (exact) mass is 466 g/mol. The second kappa shape index (κ2) is 7.62. The van der Waals surface area contributed by atoms with Crippen LogP contribution in [-0.2, 0) is 4.79 Å². The van der Waals surface area contributed by atoms with Crippen LogP contribution in [-0.4, -0.2) is 56.6 Å². The average Bonchev–Trinajstić information content (AvgIpc) is 3.25. The molecule has 3 aromatic heterocycles. The molecule has 3 aliphatic rings. The maximum Gasteiger partial charge on any atom is 0.259 e. The summed E-state index contributed by atoms with van der Waals surface area (Å²) in [6.45, 7) is 0.639. The number of fused-ring (bicyclic) bond motifs is 5. The Morgan fingerprint density at radius 3 is 3.06 bits per heavy atom. The first kappa shape index (κ1) is 20.8. The highest BCUT2D eigenvalue weighted by molar-refractivity contribution is 6.08. The van der Waals surface area contributed by atoms with Crippen molar-refractivity contribution in [2.75, 3.05) is 29.9 Å². The van der Waals surface area contributed by atoms with Gasteiger partial charge < -0.3 is 26.0 Å². The summed E-state index contributed by atoms with van der Waals surface area (Å²) in [5.74, 6) is -0.265. The molecule has 1 saturated carbocycles. The van der Waals surface area contributed by atoms with Crippen LogP contribution in [0.2, 0.25) is 0 Å². The van der Waals surface area contributed by atoms with Gasteiger partial charge in [-0.15, -0.1) is 5.10 Å². The molecule has 176 valence electrons. The molecular formula is C22H23FN8O3. The summed E-state index contributed by atoms with van der Waals surface area (Å²) in [6.07, 6.45) is 5.92. The van der Waals surface area contributed by atoms with Crippen molar-refractivity contribution in [1.82, 2.24) is 24.9 Å². The van der Waals surface area contributed by atoms with Gasteiger partial charge in [0.25, 0.3) is 5.91 Å². The zero-order valence-corrected chi connectivity index (χ0v) is 18.3. The predicted molar refractivity (Wildman–Crippen MR) is 119 cm³/mol. The first-order chi connectivity index (χ1) is 16.5. The van der Waals surface area contributed by atoms with Gasteiger partial charge in [-0.05, 0) is 37.8 Å². The van der Waals surface area contributed by atoms with Gasteiger partial charge in [0, 0.05) is 18.3 Å². The maximum atomic E-state index is 14.2. The zero-order chi connectivity index (χ0) is 23.4. The standard InChI is InChI=1S/C22H23FN8O3/c23-12-8-13-14-2-1-6-30(14)15-3-7-31-19(26-15)17(18(29-31)27-16(32)9-24)20(33)28-22(4-5-22)11-34-21(13)25-10-12/h3,7-8,10,14H,1-2,4-6,9,11,24H2,(H,28,33)(H,27,29,32)/t14-/m1/s1. The lowest BCUT2D eigenvalue weighted by molar-refractivity contribution is -0.114. The molecule has 3 aromatic rings. The smallest absolute Gasteiger partial charge is 0.259 e. The Morgan fingerprint density at radius 2 is 2.26 bits per heavy atom. The van der Waals surface area contributed by atoms with E-state index in [1.165, 1.54) is 10.6 Å². The minimum absolute atomic E-state index is 0.0918. The van der Waals surface area contributed by atoms with Crippen molar-refractivity contribution >= 4 is 29.1 Å². The number of nitrogens with one attached hydrogen (secondary N) is 2. The lowest BCUT2D eigenvalue weighted by Crippen LogP contribution is -2.41. The molecule has 0 aromatic carbocycles. The number of carbonyl (C=O) groups excluding carboxylic acids is 2. The highest BCUT2D eigenvalue weighted by atomic mass is 19.1. The van der Waals surface area contributed by atoms with E-state index in [-0.39, 0.29) is 30.6 Å². The van der Waals surface area contributed by atoms with Gasteiger partial charge in [-0.3, -0.25) is 9.59 Å². The second-order valence-corrected chi connectivity index (χ2v) is 8.95. The number of ether oxygens (including phenoxy) is 1. The molecule has 34 heavy (non-hydrogen) atoms. The average molecular weight is 466 g/mol. The molecule has 1 saturated heterocycles. The Balaban J connectivity index is 1.53. The number of rotatable bonds is 2. The van der Waals surface area contributed by atoms with E-state index in [2.05, 4.69) is 25.6 Å². The molecule has 2 fully saturated rings. The quantitative estimate of drug-likeness (QED) is 0.511. The Hall–Kier alpha value is -3.80. The van der Waals surface area contributed by atoms with E-state index < -0.39 is 23.2 Å². The third-order valence-corrected chi connectivity index (χ3v) is 6.61. The number of pyridine rings is 1. The lowest BCUT2D eigenvalue weighted by atomic mass is 10.1. The number of nitrogens with two attached hydrogens (primary N) is 1. The van der Waals surface area contributed by atoms with Crippen molar-refractivity contribution in [1.29, 1.82) is 0 Å². The van der Waals surface area contributed by atoms with Crippen molar-refractivity contribution in [2.45, 2.75) is 37.3 Å². The minimum Gasteiger partial charge on any atom is -0.475 e. The number of halogens is 1. The highest BCUT2D eigenvalue weighted by Gasteiger charge is 2.46. The molecule has 2 bridgehead atoms. The summed E-state index contributed by atoms with van der Waals surface area (Å²) in [6, 6.07) is 3.06. The maximum absolute atomic E-state index is 14.2. The summed E-state index contributed by atoms with van der Waals surface area (Å²) >= 11 is 0. The van der Waals surface area contributed by atoms with Gasteiger partial charge in [0.1, 0.15) is 23.8 Å². The molecule has 1 atom stereocenters. The summed E-state index contributed by atoms with van der Waals surface area (Å²) in [5, 5.41) is 10.00. The van der Waals surface area contributed by atoms with Gasteiger partial charge in [-0.25, -0.2) is 18.9 Å². The van der Waals surface area contributed by atoms with Crippen LogP contribution < -0.4 is 26.0 Å². The van der Waals surface area contributed by atoms with E-state index in [0.29, 0.717) is 42.3 Å². The van der Waals surface area contributed by atoms with E-state index in [1.807, 2.05) is 0 Å². The van der Waals surface area contributed by atoms with Crippen LogP contribution in [0.4, 0.5) is 16.0 Å². The van der Waals surface area contributed by atoms with Gasteiger partial charge in [0.15, 0.2) is 11.5 Å². The van der Waals surface area contributed by atoms with Crippen molar-refractivity contribution in [2.24, 2.45) is 5.73 Å². The Kier molecular flexibility index (Phi) is 4.66. The van der Waals surface area contributed by atoms with Gasteiger partial charge in [-0.1, -0.05) is 0 Å². The molecule has 11 nitrogen and oxygen atoms in total. The summed E-state index contributed by atoms with van der Waals surface area (Å²) in [7, 11) is 0. The van der Waals surface area contributed by atoms with Crippen molar-refractivity contribution in [3.8, 4) is 5.88 Å². The van der Waals surface area contributed by atoms with Gasteiger partial charge in [-0.2, -0.15) is 0 Å².